The third-order valence-corrected chi connectivity index (χ3v) is 2.72. The summed E-state index contributed by atoms with van der Waals surface area (Å²) >= 11 is 0. The van der Waals surface area contributed by atoms with Gasteiger partial charge >= 0.3 is 0 Å². The highest BCUT2D eigenvalue weighted by Crippen LogP contribution is 2.22. The van der Waals surface area contributed by atoms with Crippen molar-refractivity contribution in [3.05, 3.63) is 29.6 Å². The van der Waals surface area contributed by atoms with Crippen LogP contribution in [0.3, 0.4) is 0 Å². The molecule has 2 unspecified atom stereocenters. The minimum Gasteiger partial charge on any atom is -0.387 e. The van der Waals surface area contributed by atoms with Gasteiger partial charge in [-0.15, -0.1) is 0 Å². The topological polar surface area (TPSA) is 45.2 Å². The van der Waals surface area contributed by atoms with Gasteiger partial charge in [-0.3, -0.25) is 4.98 Å². The fraction of sp³-hybridized carbons (Fsp3) is 0.545. The van der Waals surface area contributed by atoms with Crippen LogP contribution in [0.25, 0.3) is 0 Å². The molecule has 0 amide bonds. The van der Waals surface area contributed by atoms with Gasteiger partial charge in [0.1, 0.15) is 0 Å². The summed E-state index contributed by atoms with van der Waals surface area (Å²) in [6, 6.07) is 2.20. The van der Waals surface area contributed by atoms with Crippen molar-refractivity contribution in [2.24, 2.45) is 0 Å². The van der Waals surface area contributed by atoms with Crippen LogP contribution in [0.1, 0.15) is 30.1 Å². The fourth-order valence-electron chi connectivity index (χ4n) is 1.95. The van der Waals surface area contributed by atoms with E-state index in [9.17, 15) is 5.11 Å². The Morgan fingerprint density at radius 3 is 3.07 bits per heavy atom. The molecule has 1 aliphatic rings. The Balaban J connectivity index is 2.13. The van der Waals surface area contributed by atoms with Gasteiger partial charge in [0.2, 0.25) is 0 Å². The first-order valence-electron chi connectivity index (χ1n) is 5.10. The van der Waals surface area contributed by atoms with Gasteiger partial charge in [0.15, 0.2) is 0 Å². The van der Waals surface area contributed by atoms with E-state index in [1.54, 1.807) is 12.4 Å². The molecular weight excluding hydrogens is 176 g/mol. The Kier molecular flexibility index (Phi) is 2.79. The van der Waals surface area contributed by atoms with E-state index in [1.165, 1.54) is 0 Å². The highest BCUT2D eigenvalue weighted by molar-refractivity contribution is 5.20. The molecule has 2 rings (SSSR count). The summed E-state index contributed by atoms with van der Waals surface area (Å²) < 4.78 is 0. The van der Waals surface area contributed by atoms with Crippen molar-refractivity contribution in [1.82, 2.24) is 10.3 Å². The molecule has 14 heavy (non-hydrogen) atoms. The second-order valence-electron chi connectivity index (χ2n) is 3.94. The number of nitrogens with zero attached hydrogens (tertiary/aromatic N) is 1. The van der Waals surface area contributed by atoms with Crippen molar-refractivity contribution in [1.29, 1.82) is 0 Å². The maximum Gasteiger partial charge on any atom is 0.0957 e. The molecule has 76 valence electrons. The average molecular weight is 192 g/mol. The number of pyridine rings is 1. The predicted molar refractivity (Wildman–Crippen MR) is 55.0 cm³/mol. The van der Waals surface area contributed by atoms with Crippen LogP contribution in [0.5, 0.6) is 0 Å². The van der Waals surface area contributed by atoms with Crippen molar-refractivity contribution in [3.8, 4) is 0 Å². The van der Waals surface area contributed by atoms with Gasteiger partial charge < -0.3 is 10.4 Å². The Morgan fingerprint density at radius 2 is 2.43 bits per heavy atom. The van der Waals surface area contributed by atoms with Gasteiger partial charge in [-0.2, -0.15) is 0 Å². The van der Waals surface area contributed by atoms with Crippen LogP contribution in [-0.2, 0) is 0 Å². The number of aliphatic hydroxyl groups excluding tert-OH is 1. The molecule has 1 saturated heterocycles. The van der Waals surface area contributed by atoms with Crippen LogP contribution in [-0.4, -0.2) is 22.7 Å². The van der Waals surface area contributed by atoms with Crippen LogP contribution in [0, 0.1) is 6.92 Å². The lowest BCUT2D eigenvalue weighted by atomic mass is 10.0. The highest BCUT2D eigenvalue weighted by atomic mass is 16.3. The summed E-state index contributed by atoms with van der Waals surface area (Å²) in [5.41, 5.74) is 2.02. The number of hydrogen-bond donors (Lipinski definition) is 2. The monoisotopic (exact) mass is 192 g/mol. The van der Waals surface area contributed by atoms with Crippen LogP contribution in [0.2, 0.25) is 0 Å². The summed E-state index contributed by atoms with van der Waals surface area (Å²) in [6.45, 7) is 3.01. The quantitative estimate of drug-likeness (QED) is 0.739. The molecule has 3 heteroatoms. The zero-order chi connectivity index (χ0) is 9.97. The molecule has 0 aromatic carbocycles. The zero-order valence-electron chi connectivity index (χ0n) is 8.40. The molecule has 1 fully saturated rings. The number of hydrogen-bond acceptors (Lipinski definition) is 3. The average Bonchev–Trinajstić information content (AvgIpc) is 2.69. The van der Waals surface area contributed by atoms with Crippen molar-refractivity contribution in [2.45, 2.75) is 31.9 Å². The number of aliphatic hydroxyl groups is 1. The summed E-state index contributed by atoms with van der Waals surface area (Å²) in [4.78, 5) is 4.09. The van der Waals surface area contributed by atoms with Crippen LogP contribution >= 0.6 is 0 Å². The molecule has 3 nitrogen and oxygen atoms in total. The second kappa shape index (κ2) is 4.07. The van der Waals surface area contributed by atoms with Gasteiger partial charge in [0.25, 0.3) is 0 Å². The molecule has 0 radical (unpaired) electrons. The van der Waals surface area contributed by atoms with E-state index >= 15 is 0 Å². The predicted octanol–water partition coefficient (Wildman–Crippen LogP) is 1.18. The van der Waals surface area contributed by atoms with Crippen molar-refractivity contribution < 1.29 is 5.11 Å². The normalized spacial score (nSPS) is 23.7. The Morgan fingerprint density at radius 1 is 1.57 bits per heavy atom. The van der Waals surface area contributed by atoms with Gasteiger partial charge in [-0.25, -0.2) is 0 Å². The van der Waals surface area contributed by atoms with Gasteiger partial charge in [-0.1, -0.05) is 6.07 Å². The first kappa shape index (κ1) is 9.62. The maximum atomic E-state index is 10.0. The smallest absolute Gasteiger partial charge is 0.0957 e. The lowest BCUT2D eigenvalue weighted by molar-refractivity contribution is 0.137. The van der Waals surface area contributed by atoms with Crippen molar-refractivity contribution >= 4 is 0 Å². The van der Waals surface area contributed by atoms with E-state index < -0.39 is 6.10 Å². The molecule has 0 bridgehead atoms. The lowest BCUT2D eigenvalue weighted by Gasteiger charge is -2.18. The Bertz CT molecular complexity index is 308. The largest absolute Gasteiger partial charge is 0.387 e. The highest BCUT2D eigenvalue weighted by Gasteiger charge is 2.23. The number of nitrogens with one attached hydrogen (secondary N) is 1. The second-order valence-corrected chi connectivity index (χ2v) is 3.94. The van der Waals surface area contributed by atoms with E-state index in [4.69, 9.17) is 0 Å². The molecule has 0 saturated carbocycles. The Hall–Kier alpha value is -0.930. The number of rotatable bonds is 2. The number of aryl methyl sites for hydroxylation is 1. The zero-order valence-corrected chi connectivity index (χ0v) is 8.40. The molecule has 2 atom stereocenters. The fourth-order valence-corrected chi connectivity index (χ4v) is 1.95. The van der Waals surface area contributed by atoms with Crippen molar-refractivity contribution in [3.63, 3.8) is 0 Å². The minimum atomic E-state index is -0.412. The molecule has 0 spiro atoms. The third kappa shape index (κ3) is 1.94. The van der Waals surface area contributed by atoms with E-state index in [0.29, 0.717) is 0 Å². The van der Waals surface area contributed by atoms with Crippen LogP contribution < -0.4 is 5.32 Å². The molecule has 0 aliphatic carbocycles. The van der Waals surface area contributed by atoms with Gasteiger partial charge in [0.05, 0.1) is 6.10 Å². The van der Waals surface area contributed by atoms with E-state index in [0.717, 1.165) is 30.5 Å². The third-order valence-electron chi connectivity index (χ3n) is 2.72. The van der Waals surface area contributed by atoms with E-state index in [1.807, 2.05) is 13.0 Å². The minimum absolute atomic E-state index is 0.207. The molecular formula is C11H16N2O. The molecule has 2 heterocycles. The number of aromatic nitrogens is 1. The SMILES string of the molecule is Cc1cncc(C(O)C2CCCN2)c1. The molecule has 2 N–H and O–H groups in total. The van der Waals surface area contributed by atoms with Crippen molar-refractivity contribution in [2.75, 3.05) is 6.54 Å². The summed E-state index contributed by atoms with van der Waals surface area (Å²) in [6.07, 6.45) is 5.34. The van der Waals surface area contributed by atoms with Crippen LogP contribution in [0.15, 0.2) is 18.5 Å². The molecule has 1 aliphatic heterocycles. The van der Waals surface area contributed by atoms with E-state index in [2.05, 4.69) is 10.3 Å². The summed E-state index contributed by atoms with van der Waals surface area (Å²) in [5.74, 6) is 0. The molecule has 1 aromatic rings. The standard InChI is InChI=1S/C11H16N2O/c1-8-5-9(7-12-6-8)11(14)10-3-2-4-13-10/h5-7,10-11,13-14H,2-4H2,1H3. The van der Waals surface area contributed by atoms with E-state index in [-0.39, 0.29) is 6.04 Å². The van der Waals surface area contributed by atoms with Crippen LogP contribution in [0.4, 0.5) is 0 Å². The Labute approximate surface area is 84.2 Å². The first-order chi connectivity index (χ1) is 6.77. The van der Waals surface area contributed by atoms with Gasteiger partial charge in [-0.05, 0) is 31.9 Å². The van der Waals surface area contributed by atoms with Gasteiger partial charge in [0, 0.05) is 24.0 Å². The summed E-state index contributed by atoms with van der Waals surface area (Å²) in [7, 11) is 0. The molecule has 1 aromatic heterocycles. The lowest BCUT2D eigenvalue weighted by Crippen LogP contribution is -2.28. The summed E-state index contributed by atoms with van der Waals surface area (Å²) in [5, 5.41) is 13.3. The first-order valence-corrected chi connectivity index (χ1v) is 5.10. The maximum absolute atomic E-state index is 10.0.